The average Bonchev–Trinajstić information content (AvgIpc) is 2.71. The van der Waals surface area contributed by atoms with Crippen molar-refractivity contribution in [2.24, 2.45) is 7.05 Å². The molecule has 0 aliphatic heterocycles. The molecule has 10 heteroatoms. The lowest BCUT2D eigenvalue weighted by molar-refractivity contribution is 0.0859. The van der Waals surface area contributed by atoms with Gasteiger partial charge < -0.3 is 10.1 Å². The summed E-state index contributed by atoms with van der Waals surface area (Å²) in [7, 11) is 1.49. The Hall–Kier alpha value is -3.20. The maximum absolute atomic E-state index is 12.8. The van der Waals surface area contributed by atoms with Crippen molar-refractivity contribution in [3.05, 3.63) is 62.0 Å². The van der Waals surface area contributed by atoms with Gasteiger partial charge in [-0.2, -0.15) is 0 Å². The number of aryl methyl sites for hydroxylation is 1. The molecular weight excluding hydrogens is 398 g/mol. The number of carbonyl (C=O) groups excluding carboxylic acids is 1. The summed E-state index contributed by atoms with van der Waals surface area (Å²) in [4.78, 5) is 46.9. The van der Waals surface area contributed by atoms with Crippen LogP contribution in [0.5, 0.6) is 5.88 Å². The first kappa shape index (κ1) is 20.5. The molecule has 0 fully saturated rings. The third-order valence-electron chi connectivity index (χ3n) is 4.66. The lowest BCUT2D eigenvalue weighted by atomic mass is 9.99. The van der Waals surface area contributed by atoms with Crippen molar-refractivity contribution in [3.63, 3.8) is 0 Å². The quantitative estimate of drug-likeness (QED) is 0.629. The number of carbonyl (C=O) groups is 1. The maximum atomic E-state index is 12.8. The summed E-state index contributed by atoms with van der Waals surface area (Å²) in [6.07, 6.45) is 3.46. The molecule has 0 aliphatic rings. The van der Waals surface area contributed by atoms with E-state index >= 15 is 0 Å². The third kappa shape index (κ3) is 4.29. The molecular formula is C19H20ClN5O4. The molecule has 0 spiro atoms. The zero-order valence-electron chi connectivity index (χ0n) is 16.2. The fourth-order valence-corrected chi connectivity index (χ4v) is 2.81. The van der Waals surface area contributed by atoms with E-state index in [4.69, 9.17) is 16.3 Å². The summed E-state index contributed by atoms with van der Waals surface area (Å²) < 4.78 is 6.89. The Morgan fingerprint density at radius 3 is 2.83 bits per heavy atom. The first-order valence-electron chi connectivity index (χ1n) is 8.89. The van der Waals surface area contributed by atoms with Gasteiger partial charge >= 0.3 is 5.69 Å². The molecule has 0 aliphatic carbocycles. The lowest BCUT2D eigenvalue weighted by Gasteiger charge is -2.29. The Bertz CT molecular complexity index is 1190. The maximum Gasteiger partial charge on any atom is 0.329 e. The second kappa shape index (κ2) is 8.04. The Morgan fingerprint density at radius 2 is 2.14 bits per heavy atom. The molecule has 1 amide bonds. The molecule has 1 atom stereocenters. The van der Waals surface area contributed by atoms with E-state index in [9.17, 15) is 14.4 Å². The second-order valence-electron chi connectivity index (χ2n) is 6.86. The molecule has 3 aromatic heterocycles. The van der Waals surface area contributed by atoms with Crippen LogP contribution in [0.1, 0.15) is 30.6 Å². The molecule has 152 valence electrons. The number of amides is 1. The Balaban J connectivity index is 1.83. The summed E-state index contributed by atoms with van der Waals surface area (Å²) in [5.41, 5.74) is -1.50. The third-order valence-corrected chi connectivity index (χ3v) is 4.95. The van der Waals surface area contributed by atoms with Gasteiger partial charge in [0.15, 0.2) is 0 Å². The number of ether oxygens (including phenoxy) is 1. The van der Waals surface area contributed by atoms with Crippen LogP contribution in [0.3, 0.4) is 0 Å². The zero-order valence-corrected chi connectivity index (χ0v) is 16.9. The lowest BCUT2D eigenvalue weighted by Crippen LogP contribution is -2.50. The number of aromatic nitrogens is 4. The van der Waals surface area contributed by atoms with Gasteiger partial charge in [-0.3, -0.25) is 19.1 Å². The van der Waals surface area contributed by atoms with Crippen LogP contribution in [0.15, 0.2) is 40.2 Å². The minimum atomic E-state index is -0.719. The van der Waals surface area contributed by atoms with Crippen molar-refractivity contribution in [2.75, 3.05) is 6.61 Å². The summed E-state index contributed by atoms with van der Waals surface area (Å²) in [6.45, 7) is 3.87. The summed E-state index contributed by atoms with van der Waals surface area (Å²) >= 11 is 6.05. The predicted octanol–water partition coefficient (Wildman–Crippen LogP) is 1.65. The van der Waals surface area contributed by atoms with Gasteiger partial charge in [0.1, 0.15) is 17.3 Å². The fourth-order valence-electron chi connectivity index (χ4n) is 2.64. The van der Waals surface area contributed by atoms with Crippen LogP contribution < -0.4 is 21.3 Å². The highest BCUT2D eigenvalue weighted by atomic mass is 35.5. The zero-order chi connectivity index (χ0) is 21.2. The van der Waals surface area contributed by atoms with E-state index in [1.807, 2.05) is 13.8 Å². The normalized spacial score (nSPS) is 13.1. The van der Waals surface area contributed by atoms with Crippen LogP contribution >= 0.6 is 11.6 Å². The molecule has 3 heterocycles. The van der Waals surface area contributed by atoms with E-state index in [0.717, 1.165) is 0 Å². The van der Waals surface area contributed by atoms with Gasteiger partial charge in [0.05, 0.1) is 16.5 Å². The molecule has 1 unspecified atom stereocenters. The number of aromatic amines is 1. The van der Waals surface area contributed by atoms with E-state index < -0.39 is 22.7 Å². The highest BCUT2D eigenvalue weighted by molar-refractivity contribution is 6.31. The monoisotopic (exact) mass is 417 g/mol. The number of fused-ring (bicyclic) bond motifs is 1. The van der Waals surface area contributed by atoms with Crippen LogP contribution in [0.25, 0.3) is 11.0 Å². The van der Waals surface area contributed by atoms with E-state index in [0.29, 0.717) is 11.4 Å². The van der Waals surface area contributed by atoms with Crippen LogP contribution in [-0.4, -0.2) is 37.6 Å². The number of hydrogen-bond acceptors (Lipinski definition) is 6. The first-order chi connectivity index (χ1) is 13.7. The molecule has 2 N–H and O–H groups in total. The van der Waals surface area contributed by atoms with Crippen molar-refractivity contribution in [1.82, 2.24) is 24.8 Å². The summed E-state index contributed by atoms with van der Waals surface area (Å²) in [6, 6.07) is 4.76. The Labute approximate surface area is 170 Å². The van der Waals surface area contributed by atoms with E-state index in [1.54, 1.807) is 18.3 Å². The van der Waals surface area contributed by atoms with E-state index in [1.165, 1.54) is 23.9 Å². The SMILES string of the molecule is CCC(C)(COc1ncccc1Cl)NC(=O)c1cnc2c(c1)c(=O)[nH]c(=O)n2C. The highest BCUT2D eigenvalue weighted by Gasteiger charge is 2.27. The van der Waals surface area contributed by atoms with E-state index in [2.05, 4.69) is 20.3 Å². The molecule has 3 aromatic rings. The number of hydrogen-bond donors (Lipinski definition) is 2. The smallest absolute Gasteiger partial charge is 0.329 e. The van der Waals surface area contributed by atoms with Crippen LogP contribution in [0, 0.1) is 0 Å². The fraction of sp³-hybridized carbons (Fsp3) is 0.316. The van der Waals surface area contributed by atoms with Gasteiger partial charge in [0.2, 0.25) is 5.88 Å². The average molecular weight is 418 g/mol. The number of nitrogens with one attached hydrogen (secondary N) is 2. The molecule has 0 saturated heterocycles. The minimum Gasteiger partial charge on any atom is -0.474 e. The molecule has 0 saturated carbocycles. The van der Waals surface area contributed by atoms with Crippen LogP contribution in [0.4, 0.5) is 0 Å². The molecule has 3 rings (SSSR count). The van der Waals surface area contributed by atoms with Gasteiger partial charge in [-0.1, -0.05) is 18.5 Å². The van der Waals surface area contributed by atoms with Gasteiger partial charge in [-0.05, 0) is 31.5 Å². The van der Waals surface area contributed by atoms with Crippen molar-refractivity contribution >= 4 is 28.5 Å². The summed E-state index contributed by atoms with van der Waals surface area (Å²) in [5, 5.41) is 3.43. The number of pyridine rings is 2. The van der Waals surface area contributed by atoms with Gasteiger partial charge in [-0.25, -0.2) is 14.8 Å². The number of nitrogens with zero attached hydrogens (tertiary/aromatic N) is 3. The number of rotatable bonds is 6. The number of H-pyrrole nitrogens is 1. The van der Waals surface area contributed by atoms with E-state index in [-0.39, 0.29) is 29.1 Å². The Kier molecular flexibility index (Phi) is 5.69. The Morgan fingerprint density at radius 1 is 1.38 bits per heavy atom. The van der Waals surface area contributed by atoms with Crippen molar-refractivity contribution < 1.29 is 9.53 Å². The van der Waals surface area contributed by atoms with Gasteiger partial charge in [0.25, 0.3) is 11.5 Å². The summed E-state index contributed by atoms with van der Waals surface area (Å²) in [5.74, 6) is -0.143. The topological polar surface area (TPSA) is 119 Å². The first-order valence-corrected chi connectivity index (χ1v) is 9.27. The minimum absolute atomic E-state index is 0.141. The molecule has 9 nitrogen and oxygen atoms in total. The largest absolute Gasteiger partial charge is 0.474 e. The van der Waals surface area contributed by atoms with Gasteiger partial charge in [-0.15, -0.1) is 0 Å². The molecule has 29 heavy (non-hydrogen) atoms. The van der Waals surface area contributed by atoms with Crippen LogP contribution in [0.2, 0.25) is 5.02 Å². The van der Waals surface area contributed by atoms with Crippen molar-refractivity contribution in [2.45, 2.75) is 25.8 Å². The second-order valence-corrected chi connectivity index (χ2v) is 7.27. The molecule has 0 bridgehead atoms. The standard InChI is InChI=1S/C19H20ClN5O4/c1-4-19(2,10-29-17-13(20)6-5-7-21-17)24-15(26)11-8-12-14(22-9-11)25(3)18(28)23-16(12)27/h5-9H,4,10H2,1-3H3,(H,24,26)(H,23,27,28). The van der Waals surface area contributed by atoms with Crippen LogP contribution in [-0.2, 0) is 7.05 Å². The van der Waals surface area contributed by atoms with Crippen molar-refractivity contribution in [3.8, 4) is 5.88 Å². The molecule has 0 aromatic carbocycles. The number of halogens is 1. The highest BCUT2D eigenvalue weighted by Crippen LogP contribution is 2.22. The predicted molar refractivity (Wildman–Crippen MR) is 109 cm³/mol. The van der Waals surface area contributed by atoms with Gasteiger partial charge in [0, 0.05) is 19.4 Å². The molecule has 0 radical (unpaired) electrons. The van der Waals surface area contributed by atoms with Crippen molar-refractivity contribution in [1.29, 1.82) is 0 Å².